The smallest absolute Gasteiger partial charge is 0.131 e. The lowest BCUT2D eigenvalue weighted by Gasteiger charge is -2.09. The minimum Gasteiger partial charge on any atom is -0.370 e. The molecule has 0 aliphatic carbocycles. The fourth-order valence-electron chi connectivity index (χ4n) is 2.20. The van der Waals surface area contributed by atoms with E-state index in [4.69, 9.17) is 0 Å². The van der Waals surface area contributed by atoms with Crippen LogP contribution >= 0.6 is 0 Å². The topological polar surface area (TPSA) is 37.8 Å². The highest BCUT2D eigenvalue weighted by Crippen LogP contribution is 2.22. The van der Waals surface area contributed by atoms with Crippen molar-refractivity contribution in [3.8, 4) is 11.3 Å². The van der Waals surface area contributed by atoms with E-state index in [9.17, 15) is 0 Å². The molecule has 3 heteroatoms. The zero-order chi connectivity index (χ0) is 13.8. The SMILES string of the molecule is CCNc1cc(-c2cc(C)cc(C)c2)nc(CC)n1. The van der Waals surface area contributed by atoms with E-state index in [2.05, 4.69) is 61.2 Å². The van der Waals surface area contributed by atoms with Crippen LogP contribution in [0.4, 0.5) is 5.82 Å². The van der Waals surface area contributed by atoms with Crippen molar-refractivity contribution in [3.63, 3.8) is 0 Å². The summed E-state index contributed by atoms with van der Waals surface area (Å²) in [6, 6.07) is 8.54. The van der Waals surface area contributed by atoms with Gasteiger partial charge in [-0.3, -0.25) is 0 Å². The summed E-state index contributed by atoms with van der Waals surface area (Å²) in [7, 11) is 0. The van der Waals surface area contributed by atoms with Crippen LogP contribution in [-0.2, 0) is 6.42 Å². The Hall–Kier alpha value is -1.90. The van der Waals surface area contributed by atoms with Crippen LogP contribution in [0.15, 0.2) is 24.3 Å². The van der Waals surface area contributed by atoms with E-state index in [1.807, 2.05) is 6.07 Å². The molecule has 100 valence electrons. The van der Waals surface area contributed by atoms with Crippen LogP contribution in [0.3, 0.4) is 0 Å². The molecule has 1 aromatic heterocycles. The van der Waals surface area contributed by atoms with Gasteiger partial charge in [0.25, 0.3) is 0 Å². The van der Waals surface area contributed by atoms with Crippen LogP contribution in [0.25, 0.3) is 11.3 Å². The molecule has 0 unspecified atom stereocenters. The largest absolute Gasteiger partial charge is 0.370 e. The van der Waals surface area contributed by atoms with Gasteiger partial charge in [-0.25, -0.2) is 9.97 Å². The molecule has 2 aromatic rings. The predicted octanol–water partition coefficient (Wildman–Crippen LogP) is 3.75. The van der Waals surface area contributed by atoms with Crippen molar-refractivity contribution in [1.82, 2.24) is 9.97 Å². The van der Waals surface area contributed by atoms with Crippen molar-refractivity contribution in [2.45, 2.75) is 34.1 Å². The molecule has 0 saturated heterocycles. The van der Waals surface area contributed by atoms with Gasteiger partial charge in [0.15, 0.2) is 0 Å². The summed E-state index contributed by atoms with van der Waals surface area (Å²) < 4.78 is 0. The van der Waals surface area contributed by atoms with E-state index in [0.29, 0.717) is 0 Å². The molecule has 19 heavy (non-hydrogen) atoms. The molecule has 0 aliphatic heterocycles. The molecule has 1 aromatic carbocycles. The Bertz CT molecular complexity index is 556. The number of anilines is 1. The van der Waals surface area contributed by atoms with Gasteiger partial charge < -0.3 is 5.32 Å². The van der Waals surface area contributed by atoms with Gasteiger partial charge >= 0.3 is 0 Å². The third kappa shape index (κ3) is 3.31. The van der Waals surface area contributed by atoms with Crippen LogP contribution in [0.5, 0.6) is 0 Å². The summed E-state index contributed by atoms with van der Waals surface area (Å²) in [5, 5.41) is 3.27. The third-order valence-corrected chi connectivity index (χ3v) is 2.96. The standard InChI is InChI=1S/C16H21N3/c1-5-15-18-14(10-16(19-15)17-6-2)13-8-11(3)7-12(4)9-13/h7-10H,5-6H2,1-4H3,(H,17,18,19). The van der Waals surface area contributed by atoms with Gasteiger partial charge in [-0.1, -0.05) is 24.1 Å². The van der Waals surface area contributed by atoms with Gasteiger partial charge in [0, 0.05) is 24.6 Å². The van der Waals surface area contributed by atoms with Gasteiger partial charge in [0.2, 0.25) is 0 Å². The van der Waals surface area contributed by atoms with Gasteiger partial charge in [-0.15, -0.1) is 0 Å². The second kappa shape index (κ2) is 5.83. The Kier molecular flexibility index (Phi) is 4.15. The highest BCUT2D eigenvalue weighted by atomic mass is 15.0. The molecular weight excluding hydrogens is 234 g/mol. The normalized spacial score (nSPS) is 10.5. The van der Waals surface area contributed by atoms with Crippen LogP contribution in [0.2, 0.25) is 0 Å². The van der Waals surface area contributed by atoms with E-state index in [1.54, 1.807) is 0 Å². The first-order chi connectivity index (χ1) is 9.12. The quantitative estimate of drug-likeness (QED) is 0.904. The number of aryl methyl sites for hydroxylation is 3. The molecule has 3 nitrogen and oxygen atoms in total. The van der Waals surface area contributed by atoms with Crippen LogP contribution in [-0.4, -0.2) is 16.5 Å². The average Bonchev–Trinajstić information content (AvgIpc) is 2.37. The van der Waals surface area contributed by atoms with Crippen molar-refractivity contribution < 1.29 is 0 Å². The Balaban J connectivity index is 2.50. The highest BCUT2D eigenvalue weighted by Gasteiger charge is 2.06. The maximum Gasteiger partial charge on any atom is 0.131 e. The van der Waals surface area contributed by atoms with Crippen molar-refractivity contribution in [3.05, 3.63) is 41.2 Å². The van der Waals surface area contributed by atoms with Crippen molar-refractivity contribution in [2.75, 3.05) is 11.9 Å². The molecule has 1 heterocycles. The molecule has 0 saturated carbocycles. The lowest BCUT2D eigenvalue weighted by atomic mass is 10.0. The summed E-state index contributed by atoms with van der Waals surface area (Å²) >= 11 is 0. The van der Waals surface area contributed by atoms with Gasteiger partial charge in [0.05, 0.1) is 5.69 Å². The van der Waals surface area contributed by atoms with Crippen LogP contribution in [0, 0.1) is 13.8 Å². The lowest BCUT2D eigenvalue weighted by molar-refractivity contribution is 0.939. The van der Waals surface area contributed by atoms with Crippen LogP contribution in [0.1, 0.15) is 30.8 Å². The average molecular weight is 255 g/mol. The van der Waals surface area contributed by atoms with Gasteiger partial charge in [0.1, 0.15) is 11.6 Å². The zero-order valence-corrected chi connectivity index (χ0v) is 12.1. The van der Waals surface area contributed by atoms with E-state index < -0.39 is 0 Å². The molecular formula is C16H21N3. The van der Waals surface area contributed by atoms with Gasteiger partial charge in [-0.05, 0) is 32.9 Å². The molecule has 0 spiro atoms. The molecule has 0 aliphatic rings. The maximum absolute atomic E-state index is 4.64. The van der Waals surface area contributed by atoms with Crippen molar-refractivity contribution in [1.29, 1.82) is 0 Å². The van der Waals surface area contributed by atoms with Crippen LogP contribution < -0.4 is 5.32 Å². The van der Waals surface area contributed by atoms with E-state index >= 15 is 0 Å². The minimum atomic E-state index is 0.844. The Morgan fingerprint density at radius 2 is 1.63 bits per heavy atom. The molecule has 0 radical (unpaired) electrons. The Labute approximate surface area is 115 Å². The third-order valence-electron chi connectivity index (χ3n) is 2.96. The fourth-order valence-corrected chi connectivity index (χ4v) is 2.20. The molecule has 0 amide bonds. The molecule has 0 atom stereocenters. The number of benzene rings is 1. The number of nitrogens with zero attached hydrogens (tertiary/aromatic N) is 2. The van der Waals surface area contributed by atoms with Gasteiger partial charge in [-0.2, -0.15) is 0 Å². The van der Waals surface area contributed by atoms with Crippen molar-refractivity contribution >= 4 is 5.82 Å². The summed E-state index contributed by atoms with van der Waals surface area (Å²) in [5.74, 6) is 1.79. The molecule has 0 bridgehead atoms. The second-order valence-electron chi connectivity index (χ2n) is 4.81. The highest BCUT2D eigenvalue weighted by molar-refractivity contribution is 5.64. The predicted molar refractivity (Wildman–Crippen MR) is 80.5 cm³/mol. The number of rotatable bonds is 4. The van der Waals surface area contributed by atoms with Crippen molar-refractivity contribution in [2.24, 2.45) is 0 Å². The number of aromatic nitrogens is 2. The fraction of sp³-hybridized carbons (Fsp3) is 0.375. The number of nitrogens with one attached hydrogen (secondary N) is 1. The first-order valence-electron chi connectivity index (χ1n) is 6.83. The Morgan fingerprint density at radius 3 is 2.21 bits per heavy atom. The lowest BCUT2D eigenvalue weighted by Crippen LogP contribution is -2.04. The van der Waals surface area contributed by atoms with E-state index in [1.165, 1.54) is 11.1 Å². The first-order valence-corrected chi connectivity index (χ1v) is 6.83. The van der Waals surface area contributed by atoms with E-state index in [0.717, 1.165) is 35.9 Å². The monoisotopic (exact) mass is 255 g/mol. The Morgan fingerprint density at radius 1 is 0.947 bits per heavy atom. The zero-order valence-electron chi connectivity index (χ0n) is 12.1. The number of hydrogen-bond acceptors (Lipinski definition) is 3. The van der Waals surface area contributed by atoms with E-state index in [-0.39, 0.29) is 0 Å². The summed E-state index contributed by atoms with van der Waals surface area (Å²) in [6.45, 7) is 9.25. The first kappa shape index (κ1) is 13.5. The molecule has 1 N–H and O–H groups in total. The number of hydrogen-bond donors (Lipinski definition) is 1. The second-order valence-corrected chi connectivity index (χ2v) is 4.81. The molecule has 2 rings (SSSR count). The molecule has 0 fully saturated rings. The minimum absolute atomic E-state index is 0.844. The maximum atomic E-state index is 4.64. The summed E-state index contributed by atoms with van der Waals surface area (Å²) in [4.78, 5) is 9.13. The summed E-state index contributed by atoms with van der Waals surface area (Å²) in [6.07, 6.45) is 0.844. The summed E-state index contributed by atoms with van der Waals surface area (Å²) in [5.41, 5.74) is 4.68.